The molecule has 0 aliphatic rings. The maximum absolute atomic E-state index is 12.8. The molecule has 0 bridgehead atoms. The quantitative estimate of drug-likeness (QED) is 0.0262. The first-order chi connectivity index (χ1) is 31.0. The first kappa shape index (κ1) is 60.4. The van der Waals surface area contributed by atoms with Gasteiger partial charge in [0.05, 0.1) is 0 Å². The summed E-state index contributed by atoms with van der Waals surface area (Å²) in [7, 11) is 0. The lowest BCUT2D eigenvalue weighted by Crippen LogP contribution is -2.30. The zero-order chi connectivity index (χ0) is 45.8. The second-order valence-electron chi connectivity index (χ2n) is 18.2. The molecule has 0 aromatic heterocycles. The Kier molecular flexibility index (Phi) is 49.8. The monoisotopic (exact) mass is 883 g/mol. The van der Waals surface area contributed by atoms with Gasteiger partial charge in [-0.2, -0.15) is 0 Å². The van der Waals surface area contributed by atoms with Gasteiger partial charge < -0.3 is 14.2 Å². The Labute approximate surface area is 390 Å². The lowest BCUT2D eigenvalue weighted by atomic mass is 10.0. The van der Waals surface area contributed by atoms with Gasteiger partial charge in [-0.05, 0) is 38.5 Å². The second kappa shape index (κ2) is 52.0. The molecule has 0 aliphatic carbocycles. The Bertz CT molecular complexity index is 1110. The van der Waals surface area contributed by atoms with Crippen molar-refractivity contribution in [1.82, 2.24) is 0 Å². The van der Waals surface area contributed by atoms with Crippen LogP contribution in [0, 0.1) is 0 Å². The lowest BCUT2D eigenvalue weighted by molar-refractivity contribution is -0.167. The standard InChI is InChI=1S/C57H102O6/c1-4-7-10-13-16-19-22-25-26-27-28-29-30-33-35-38-41-44-47-50-56(59)62-53-54(63-57(60)51-48-45-42-39-36-32-24-21-18-15-12-9-6-3)52-61-55(58)49-46-43-40-37-34-31-23-20-17-14-11-8-5-2/h9,12,15,18,21,24,32,36,54H,4-8,10-11,13-14,16-17,19-20,22-23,25-31,33-35,37-53H2,1-3H3/b12-9+,18-15+,24-21+,36-32+. The molecule has 0 rings (SSSR count). The van der Waals surface area contributed by atoms with Gasteiger partial charge in [0.15, 0.2) is 6.10 Å². The van der Waals surface area contributed by atoms with E-state index in [1.165, 1.54) is 167 Å². The van der Waals surface area contributed by atoms with Gasteiger partial charge in [-0.3, -0.25) is 14.4 Å². The topological polar surface area (TPSA) is 78.9 Å². The molecule has 366 valence electrons. The molecule has 0 amide bonds. The first-order valence-corrected chi connectivity index (χ1v) is 27.2. The highest BCUT2D eigenvalue weighted by Crippen LogP contribution is 2.17. The molecule has 6 nitrogen and oxygen atoms in total. The van der Waals surface area contributed by atoms with Crippen LogP contribution in [-0.4, -0.2) is 37.2 Å². The van der Waals surface area contributed by atoms with Crippen LogP contribution in [0.3, 0.4) is 0 Å². The van der Waals surface area contributed by atoms with Crippen molar-refractivity contribution in [2.24, 2.45) is 0 Å². The second-order valence-corrected chi connectivity index (χ2v) is 18.2. The van der Waals surface area contributed by atoms with E-state index in [9.17, 15) is 14.4 Å². The van der Waals surface area contributed by atoms with Crippen LogP contribution in [0.15, 0.2) is 48.6 Å². The number of esters is 3. The SMILES string of the molecule is CC/C=C/C=C/C=C/C=C/CCCCCC(=O)OC(COC(=O)CCCCCCCCCCCCCCC)COC(=O)CCCCCCCCCCCCCCCCCCCCC. The highest BCUT2D eigenvalue weighted by molar-refractivity contribution is 5.71. The third kappa shape index (κ3) is 50.2. The average molecular weight is 883 g/mol. The van der Waals surface area contributed by atoms with Crippen LogP contribution < -0.4 is 0 Å². The summed E-state index contributed by atoms with van der Waals surface area (Å²) >= 11 is 0. The van der Waals surface area contributed by atoms with Crippen LogP contribution in [0.5, 0.6) is 0 Å². The first-order valence-electron chi connectivity index (χ1n) is 27.2. The molecule has 1 atom stereocenters. The van der Waals surface area contributed by atoms with Crippen molar-refractivity contribution in [3.05, 3.63) is 48.6 Å². The van der Waals surface area contributed by atoms with Gasteiger partial charge in [-0.25, -0.2) is 0 Å². The molecule has 0 N–H and O–H groups in total. The van der Waals surface area contributed by atoms with E-state index in [1.54, 1.807) is 0 Å². The van der Waals surface area contributed by atoms with Gasteiger partial charge in [0.1, 0.15) is 13.2 Å². The summed E-state index contributed by atoms with van der Waals surface area (Å²) in [6, 6.07) is 0. The van der Waals surface area contributed by atoms with Crippen molar-refractivity contribution in [3.8, 4) is 0 Å². The van der Waals surface area contributed by atoms with E-state index in [2.05, 4.69) is 39.0 Å². The zero-order valence-corrected chi connectivity index (χ0v) is 41.8. The summed E-state index contributed by atoms with van der Waals surface area (Å²) in [4.78, 5) is 38.0. The summed E-state index contributed by atoms with van der Waals surface area (Å²) in [5, 5.41) is 0. The van der Waals surface area contributed by atoms with E-state index in [0.29, 0.717) is 12.8 Å². The van der Waals surface area contributed by atoms with Gasteiger partial charge >= 0.3 is 17.9 Å². The number of ether oxygens (including phenoxy) is 3. The van der Waals surface area contributed by atoms with E-state index >= 15 is 0 Å². The highest BCUT2D eigenvalue weighted by atomic mass is 16.6. The van der Waals surface area contributed by atoms with Gasteiger partial charge in [0, 0.05) is 19.3 Å². The molecular formula is C57H102O6. The van der Waals surface area contributed by atoms with Crippen molar-refractivity contribution in [3.63, 3.8) is 0 Å². The number of hydrogen-bond donors (Lipinski definition) is 0. The fourth-order valence-electron chi connectivity index (χ4n) is 7.87. The molecule has 0 aromatic carbocycles. The third-order valence-corrected chi connectivity index (χ3v) is 11.9. The van der Waals surface area contributed by atoms with Gasteiger partial charge in [-0.15, -0.1) is 0 Å². The number of carbonyl (C=O) groups excluding carboxylic acids is 3. The summed E-state index contributed by atoms with van der Waals surface area (Å²) in [6.07, 6.45) is 62.5. The lowest BCUT2D eigenvalue weighted by Gasteiger charge is -2.18. The molecular weight excluding hydrogens is 781 g/mol. The molecule has 0 fully saturated rings. The van der Waals surface area contributed by atoms with Crippen molar-refractivity contribution in [2.45, 2.75) is 284 Å². The zero-order valence-electron chi connectivity index (χ0n) is 41.8. The van der Waals surface area contributed by atoms with Crippen LogP contribution in [0.1, 0.15) is 278 Å². The van der Waals surface area contributed by atoms with Crippen molar-refractivity contribution in [1.29, 1.82) is 0 Å². The number of carbonyl (C=O) groups is 3. The summed E-state index contributed by atoms with van der Waals surface area (Å²) in [5.41, 5.74) is 0. The summed E-state index contributed by atoms with van der Waals surface area (Å²) in [5.74, 6) is -0.912. The van der Waals surface area contributed by atoms with Gasteiger partial charge in [0.25, 0.3) is 0 Å². The van der Waals surface area contributed by atoms with Crippen LogP contribution in [0.4, 0.5) is 0 Å². The van der Waals surface area contributed by atoms with Gasteiger partial charge in [-0.1, -0.05) is 268 Å². The summed E-state index contributed by atoms with van der Waals surface area (Å²) in [6.45, 7) is 6.49. The number of unbranched alkanes of at least 4 members (excludes halogenated alkanes) is 33. The predicted molar refractivity (Wildman–Crippen MR) is 270 cm³/mol. The molecule has 6 heteroatoms. The largest absolute Gasteiger partial charge is 0.462 e. The molecule has 0 heterocycles. The Balaban J connectivity index is 4.33. The average Bonchev–Trinajstić information content (AvgIpc) is 3.28. The molecule has 0 spiro atoms. The Morgan fingerprint density at radius 2 is 0.619 bits per heavy atom. The fourth-order valence-corrected chi connectivity index (χ4v) is 7.87. The predicted octanol–water partition coefficient (Wildman–Crippen LogP) is 17.9. The molecule has 1 unspecified atom stereocenters. The minimum atomic E-state index is -0.789. The molecule has 0 radical (unpaired) electrons. The fraction of sp³-hybridized carbons (Fsp3) is 0.807. The van der Waals surface area contributed by atoms with Crippen molar-refractivity contribution >= 4 is 17.9 Å². The normalized spacial score (nSPS) is 12.4. The van der Waals surface area contributed by atoms with Crippen LogP contribution in [0.25, 0.3) is 0 Å². The van der Waals surface area contributed by atoms with Crippen LogP contribution in [0.2, 0.25) is 0 Å². The van der Waals surface area contributed by atoms with E-state index in [0.717, 1.165) is 70.6 Å². The minimum absolute atomic E-state index is 0.0852. The van der Waals surface area contributed by atoms with Crippen molar-refractivity contribution in [2.75, 3.05) is 13.2 Å². The van der Waals surface area contributed by atoms with Crippen LogP contribution >= 0.6 is 0 Å². The number of rotatable bonds is 49. The number of allylic oxidation sites excluding steroid dienone is 8. The van der Waals surface area contributed by atoms with Gasteiger partial charge in [0.2, 0.25) is 0 Å². The van der Waals surface area contributed by atoms with E-state index in [-0.39, 0.29) is 37.5 Å². The van der Waals surface area contributed by atoms with E-state index < -0.39 is 6.10 Å². The Morgan fingerprint density at radius 1 is 0.333 bits per heavy atom. The summed E-state index contributed by atoms with van der Waals surface area (Å²) < 4.78 is 16.8. The molecule has 63 heavy (non-hydrogen) atoms. The molecule has 0 aliphatic heterocycles. The van der Waals surface area contributed by atoms with E-state index in [1.807, 2.05) is 30.4 Å². The number of hydrogen-bond acceptors (Lipinski definition) is 6. The highest BCUT2D eigenvalue weighted by Gasteiger charge is 2.19. The smallest absolute Gasteiger partial charge is 0.306 e. The molecule has 0 saturated heterocycles. The van der Waals surface area contributed by atoms with Crippen LogP contribution in [-0.2, 0) is 28.6 Å². The Hall–Kier alpha value is -2.63. The Morgan fingerprint density at radius 3 is 0.968 bits per heavy atom. The van der Waals surface area contributed by atoms with Crippen molar-refractivity contribution < 1.29 is 28.6 Å². The molecule has 0 saturated carbocycles. The third-order valence-electron chi connectivity index (χ3n) is 11.9. The molecule has 0 aromatic rings. The maximum Gasteiger partial charge on any atom is 0.306 e. The van der Waals surface area contributed by atoms with E-state index in [4.69, 9.17) is 14.2 Å². The maximum atomic E-state index is 12.8. The minimum Gasteiger partial charge on any atom is -0.462 e.